The number of nitrogens with zero attached hydrogens (tertiary/aromatic N) is 5. The lowest BCUT2D eigenvalue weighted by molar-refractivity contribution is 0.0955. The number of benzene rings is 2. The molecule has 0 saturated carbocycles. The highest BCUT2D eigenvalue weighted by molar-refractivity contribution is 7.84. The Morgan fingerprint density at radius 3 is 2.46 bits per heavy atom. The van der Waals surface area contributed by atoms with Crippen LogP contribution in [0.25, 0.3) is 0 Å². The molecule has 0 unspecified atom stereocenters. The lowest BCUT2D eigenvalue weighted by Crippen LogP contribution is -2.39. The predicted octanol–water partition coefficient (Wildman–Crippen LogP) is 0.711. The summed E-state index contributed by atoms with van der Waals surface area (Å²) in [4.78, 5) is 13.0. The first-order chi connectivity index (χ1) is 13.4. The zero-order valence-electron chi connectivity index (χ0n) is 14.3. The second kappa shape index (κ2) is 7.87. The molecule has 28 heavy (non-hydrogen) atoms. The third kappa shape index (κ3) is 4.70. The number of amides is 1. The minimum atomic E-state index is -4.12. The van der Waals surface area contributed by atoms with Crippen LogP contribution in [0.1, 0.15) is 21.5 Å². The van der Waals surface area contributed by atoms with E-state index in [9.17, 15) is 13.2 Å². The molecule has 0 aliphatic heterocycles. The second-order valence-electron chi connectivity index (χ2n) is 5.62. The van der Waals surface area contributed by atoms with E-state index in [1.807, 2.05) is 6.07 Å². The highest BCUT2D eigenvalue weighted by Gasteiger charge is 2.19. The van der Waals surface area contributed by atoms with Gasteiger partial charge in [0.25, 0.3) is 5.91 Å². The first kappa shape index (κ1) is 19.0. The molecule has 0 bridgehead atoms. The van der Waals surface area contributed by atoms with Crippen LogP contribution in [-0.4, -0.2) is 29.2 Å². The SMILES string of the molecule is N#Cc1cccc(C(=O)N(Cc2ccc(OS(N)(=O)=O)cc2)n2cnnc2)c1. The molecule has 0 aliphatic carbocycles. The molecule has 0 spiro atoms. The average molecular weight is 398 g/mol. The first-order valence-electron chi connectivity index (χ1n) is 7.84. The molecule has 142 valence electrons. The van der Waals surface area contributed by atoms with E-state index in [0.717, 1.165) is 0 Å². The van der Waals surface area contributed by atoms with Crippen LogP contribution in [0.5, 0.6) is 5.75 Å². The van der Waals surface area contributed by atoms with E-state index in [2.05, 4.69) is 14.4 Å². The van der Waals surface area contributed by atoms with Crippen molar-refractivity contribution in [3.63, 3.8) is 0 Å². The zero-order valence-corrected chi connectivity index (χ0v) is 15.2. The molecule has 0 fully saturated rings. The minimum absolute atomic E-state index is 0.0511. The maximum absolute atomic E-state index is 13.0. The van der Waals surface area contributed by atoms with E-state index in [-0.39, 0.29) is 18.2 Å². The van der Waals surface area contributed by atoms with Crippen molar-refractivity contribution in [1.29, 1.82) is 5.26 Å². The second-order valence-corrected chi connectivity index (χ2v) is 6.77. The quantitative estimate of drug-likeness (QED) is 0.644. The zero-order chi connectivity index (χ0) is 20.1. The molecular weight excluding hydrogens is 384 g/mol. The summed E-state index contributed by atoms with van der Waals surface area (Å²) in [5.74, 6) is -0.322. The lowest BCUT2D eigenvalue weighted by Gasteiger charge is -2.23. The fraction of sp³-hybridized carbons (Fsp3) is 0.0588. The summed E-state index contributed by atoms with van der Waals surface area (Å²) >= 11 is 0. The summed E-state index contributed by atoms with van der Waals surface area (Å²) in [6, 6.07) is 14.3. The van der Waals surface area contributed by atoms with Crippen LogP contribution in [0, 0.1) is 11.3 Å². The molecule has 3 aromatic rings. The lowest BCUT2D eigenvalue weighted by atomic mass is 10.1. The van der Waals surface area contributed by atoms with Crippen molar-refractivity contribution in [2.75, 3.05) is 5.01 Å². The standard InChI is InChI=1S/C17H14N6O4S/c18-9-14-2-1-3-15(8-14)17(24)23(22-11-20-21-12-22)10-13-4-6-16(7-5-13)27-28(19,25)26/h1-8,11-12H,10H2,(H2,19,25,26). The van der Waals surface area contributed by atoms with Crippen LogP contribution >= 0.6 is 0 Å². The number of nitriles is 1. The van der Waals surface area contributed by atoms with E-state index in [4.69, 9.17) is 10.4 Å². The Labute approximate surface area is 160 Å². The molecular formula is C17H14N6O4S. The molecule has 1 aromatic heterocycles. The summed E-state index contributed by atoms with van der Waals surface area (Å²) < 4.78 is 28.0. The van der Waals surface area contributed by atoms with Gasteiger partial charge in [-0.2, -0.15) is 18.8 Å². The molecule has 1 heterocycles. The normalized spacial score (nSPS) is 10.9. The third-order valence-corrected chi connectivity index (χ3v) is 4.05. The Morgan fingerprint density at radius 2 is 1.86 bits per heavy atom. The topological polar surface area (TPSA) is 144 Å². The van der Waals surface area contributed by atoms with Crippen molar-refractivity contribution < 1.29 is 17.4 Å². The summed E-state index contributed by atoms with van der Waals surface area (Å²) in [5, 5.41) is 22.7. The van der Waals surface area contributed by atoms with Crippen LogP contribution < -0.4 is 14.3 Å². The minimum Gasteiger partial charge on any atom is -0.371 e. The van der Waals surface area contributed by atoms with Gasteiger partial charge in [0.2, 0.25) is 0 Å². The predicted molar refractivity (Wildman–Crippen MR) is 97.6 cm³/mol. The van der Waals surface area contributed by atoms with E-state index >= 15 is 0 Å². The van der Waals surface area contributed by atoms with Gasteiger partial charge in [-0.15, -0.1) is 10.2 Å². The van der Waals surface area contributed by atoms with Crippen LogP contribution in [0.3, 0.4) is 0 Å². The van der Waals surface area contributed by atoms with Gasteiger partial charge >= 0.3 is 10.3 Å². The highest BCUT2D eigenvalue weighted by atomic mass is 32.2. The summed E-state index contributed by atoms with van der Waals surface area (Å²) in [6.07, 6.45) is 2.73. The maximum atomic E-state index is 13.0. The van der Waals surface area contributed by atoms with Crippen molar-refractivity contribution in [1.82, 2.24) is 14.9 Å². The van der Waals surface area contributed by atoms with Gasteiger partial charge in [0.15, 0.2) is 0 Å². The molecule has 2 N–H and O–H groups in total. The maximum Gasteiger partial charge on any atom is 0.380 e. The number of hydrogen-bond donors (Lipinski definition) is 1. The molecule has 11 heteroatoms. The summed E-state index contributed by atoms with van der Waals surface area (Å²) in [6.45, 7) is 0.128. The van der Waals surface area contributed by atoms with E-state index in [0.29, 0.717) is 16.7 Å². The smallest absolute Gasteiger partial charge is 0.371 e. The van der Waals surface area contributed by atoms with Gasteiger partial charge in [0.05, 0.1) is 18.2 Å². The first-order valence-corrected chi connectivity index (χ1v) is 9.31. The van der Waals surface area contributed by atoms with E-state index in [1.54, 1.807) is 30.3 Å². The van der Waals surface area contributed by atoms with Crippen molar-refractivity contribution in [3.05, 3.63) is 77.9 Å². The van der Waals surface area contributed by atoms with Crippen LogP contribution in [0.2, 0.25) is 0 Å². The highest BCUT2D eigenvalue weighted by Crippen LogP contribution is 2.16. The van der Waals surface area contributed by atoms with Gasteiger partial charge in [0.1, 0.15) is 18.4 Å². The van der Waals surface area contributed by atoms with Crippen molar-refractivity contribution in [2.24, 2.45) is 5.14 Å². The third-order valence-electron chi connectivity index (χ3n) is 3.63. The molecule has 0 saturated heterocycles. The Balaban J connectivity index is 1.87. The van der Waals surface area contributed by atoms with Gasteiger partial charge < -0.3 is 4.18 Å². The monoisotopic (exact) mass is 398 g/mol. The number of carbonyl (C=O) groups excluding carboxylic acids is 1. The Kier molecular flexibility index (Phi) is 5.35. The summed E-state index contributed by atoms with van der Waals surface area (Å²) in [5.41, 5.74) is 1.36. The van der Waals surface area contributed by atoms with Gasteiger partial charge in [-0.3, -0.25) is 4.79 Å². The van der Waals surface area contributed by atoms with Gasteiger partial charge in [-0.1, -0.05) is 18.2 Å². The Morgan fingerprint density at radius 1 is 1.18 bits per heavy atom. The van der Waals surface area contributed by atoms with Gasteiger partial charge in [-0.05, 0) is 35.9 Å². The molecule has 0 atom stereocenters. The molecule has 10 nitrogen and oxygen atoms in total. The molecule has 1 amide bonds. The molecule has 3 rings (SSSR count). The Bertz CT molecular complexity index is 1120. The number of hydrogen-bond acceptors (Lipinski definition) is 7. The Hall–Kier alpha value is -3.75. The molecule has 0 radical (unpaired) electrons. The molecule has 0 aliphatic rings. The molecule has 2 aromatic carbocycles. The van der Waals surface area contributed by atoms with E-state index in [1.165, 1.54) is 40.5 Å². The number of rotatable bonds is 6. The van der Waals surface area contributed by atoms with E-state index < -0.39 is 10.3 Å². The fourth-order valence-corrected chi connectivity index (χ4v) is 2.79. The number of nitrogens with two attached hydrogens (primary N) is 1. The van der Waals surface area contributed by atoms with Crippen molar-refractivity contribution in [3.8, 4) is 11.8 Å². The van der Waals surface area contributed by atoms with Gasteiger partial charge in [0, 0.05) is 5.56 Å². The number of carbonyl (C=O) groups is 1. The van der Waals surface area contributed by atoms with Crippen LogP contribution in [-0.2, 0) is 16.8 Å². The fourth-order valence-electron chi connectivity index (χ4n) is 2.41. The van der Waals surface area contributed by atoms with Crippen molar-refractivity contribution >= 4 is 16.2 Å². The number of aromatic nitrogens is 3. The van der Waals surface area contributed by atoms with Crippen LogP contribution in [0.15, 0.2) is 61.2 Å². The van der Waals surface area contributed by atoms with Crippen LogP contribution in [0.4, 0.5) is 0 Å². The largest absolute Gasteiger partial charge is 0.380 e. The van der Waals surface area contributed by atoms with Crippen molar-refractivity contribution in [2.45, 2.75) is 6.54 Å². The summed E-state index contributed by atoms with van der Waals surface area (Å²) in [7, 11) is -4.12. The van der Waals surface area contributed by atoms with Gasteiger partial charge in [-0.25, -0.2) is 9.69 Å². The average Bonchev–Trinajstić information content (AvgIpc) is 3.20.